The Morgan fingerprint density at radius 1 is 1.32 bits per heavy atom. The molecule has 1 fully saturated rings. The van der Waals surface area contributed by atoms with E-state index in [-0.39, 0.29) is 18.4 Å². The summed E-state index contributed by atoms with van der Waals surface area (Å²) in [5.74, 6) is 1.29. The highest BCUT2D eigenvalue weighted by molar-refractivity contribution is 7.89. The molecule has 4 nitrogen and oxygen atoms in total. The number of hydrogen-bond donors (Lipinski definition) is 1. The lowest BCUT2D eigenvalue weighted by molar-refractivity contribution is 0.163. The zero-order valence-corrected chi connectivity index (χ0v) is 13.3. The van der Waals surface area contributed by atoms with Gasteiger partial charge in [0.2, 0.25) is 10.0 Å². The molecule has 114 valence electrons. The Morgan fingerprint density at radius 2 is 2.05 bits per heavy atom. The van der Waals surface area contributed by atoms with E-state index < -0.39 is 10.0 Å². The topological polar surface area (TPSA) is 55.4 Å². The Labute approximate surface area is 118 Å². The summed E-state index contributed by atoms with van der Waals surface area (Å²) in [7, 11) is -3.18. The van der Waals surface area contributed by atoms with Crippen molar-refractivity contribution < 1.29 is 13.2 Å². The van der Waals surface area contributed by atoms with E-state index in [1.807, 2.05) is 6.92 Å². The minimum absolute atomic E-state index is 0.0776. The monoisotopic (exact) mass is 291 g/mol. The molecule has 1 aliphatic rings. The third kappa shape index (κ3) is 6.72. The highest BCUT2D eigenvalue weighted by atomic mass is 32.2. The SMILES string of the molecule is CCOCCS(=O)(=O)N[C@@H]1CCC[C@@H]1CCC(C)C. The van der Waals surface area contributed by atoms with Crippen molar-refractivity contribution in [3.05, 3.63) is 0 Å². The molecule has 0 aromatic heterocycles. The molecule has 0 aliphatic heterocycles. The highest BCUT2D eigenvalue weighted by Crippen LogP contribution is 2.31. The van der Waals surface area contributed by atoms with Crippen molar-refractivity contribution in [1.82, 2.24) is 4.72 Å². The van der Waals surface area contributed by atoms with Gasteiger partial charge in [0.05, 0.1) is 12.4 Å². The van der Waals surface area contributed by atoms with Gasteiger partial charge in [0, 0.05) is 12.6 Å². The molecular formula is C14H29NO3S. The van der Waals surface area contributed by atoms with Gasteiger partial charge < -0.3 is 4.74 Å². The third-order valence-electron chi connectivity index (χ3n) is 3.81. The molecule has 1 rings (SSSR count). The Hall–Kier alpha value is -0.130. The van der Waals surface area contributed by atoms with Crippen LogP contribution in [0.5, 0.6) is 0 Å². The lowest BCUT2D eigenvalue weighted by Gasteiger charge is -2.21. The average molecular weight is 291 g/mol. The fourth-order valence-corrected chi connectivity index (χ4v) is 3.91. The molecule has 0 saturated heterocycles. The van der Waals surface area contributed by atoms with Gasteiger partial charge in [0.1, 0.15) is 0 Å². The molecule has 1 N–H and O–H groups in total. The van der Waals surface area contributed by atoms with E-state index in [1.54, 1.807) is 0 Å². The van der Waals surface area contributed by atoms with Crippen molar-refractivity contribution in [2.24, 2.45) is 11.8 Å². The fourth-order valence-electron chi connectivity index (χ4n) is 2.69. The quantitative estimate of drug-likeness (QED) is 0.664. The van der Waals surface area contributed by atoms with Crippen LogP contribution < -0.4 is 4.72 Å². The first kappa shape index (κ1) is 16.9. The number of hydrogen-bond acceptors (Lipinski definition) is 3. The zero-order valence-electron chi connectivity index (χ0n) is 12.5. The van der Waals surface area contributed by atoms with Gasteiger partial charge >= 0.3 is 0 Å². The Kier molecular flexibility index (Phi) is 7.32. The first-order chi connectivity index (χ1) is 8.94. The van der Waals surface area contributed by atoms with Gasteiger partial charge in [0.15, 0.2) is 0 Å². The summed E-state index contributed by atoms with van der Waals surface area (Å²) in [6.07, 6.45) is 5.60. The molecule has 0 amide bonds. The Bertz CT molecular complexity index is 341. The predicted molar refractivity (Wildman–Crippen MR) is 78.6 cm³/mol. The first-order valence-corrected chi connectivity index (χ1v) is 9.17. The fraction of sp³-hybridized carbons (Fsp3) is 1.00. The lowest BCUT2D eigenvalue weighted by atomic mass is 9.94. The number of rotatable bonds is 9. The number of ether oxygens (including phenoxy) is 1. The second kappa shape index (κ2) is 8.22. The standard InChI is InChI=1S/C14H29NO3S/c1-4-18-10-11-19(16,17)15-14-7-5-6-13(14)9-8-12(2)3/h12-15H,4-11H2,1-3H3/t13-,14-/m1/s1. The summed E-state index contributed by atoms with van der Waals surface area (Å²) >= 11 is 0. The van der Waals surface area contributed by atoms with Crippen LogP contribution in [0.2, 0.25) is 0 Å². The average Bonchev–Trinajstić information content (AvgIpc) is 2.73. The van der Waals surface area contributed by atoms with Crippen molar-refractivity contribution in [3.63, 3.8) is 0 Å². The van der Waals surface area contributed by atoms with Gasteiger partial charge in [-0.25, -0.2) is 13.1 Å². The molecular weight excluding hydrogens is 262 g/mol. The smallest absolute Gasteiger partial charge is 0.214 e. The van der Waals surface area contributed by atoms with Crippen LogP contribution in [0, 0.1) is 11.8 Å². The second-order valence-electron chi connectivity index (χ2n) is 5.90. The summed E-state index contributed by atoms with van der Waals surface area (Å²) in [6, 6.07) is 0.144. The third-order valence-corrected chi connectivity index (χ3v) is 5.17. The summed E-state index contributed by atoms with van der Waals surface area (Å²) in [6.45, 7) is 7.16. The van der Waals surface area contributed by atoms with Crippen molar-refractivity contribution in [2.45, 2.75) is 58.9 Å². The molecule has 0 aromatic rings. The van der Waals surface area contributed by atoms with Crippen LogP contribution in [0.4, 0.5) is 0 Å². The molecule has 5 heteroatoms. The molecule has 0 spiro atoms. The van der Waals surface area contributed by atoms with Gasteiger partial charge in [-0.3, -0.25) is 0 Å². The highest BCUT2D eigenvalue weighted by Gasteiger charge is 2.30. The molecule has 0 aromatic carbocycles. The van der Waals surface area contributed by atoms with Crippen LogP contribution in [0.3, 0.4) is 0 Å². The lowest BCUT2D eigenvalue weighted by Crippen LogP contribution is -2.39. The minimum Gasteiger partial charge on any atom is -0.381 e. The van der Waals surface area contributed by atoms with E-state index in [0.717, 1.165) is 25.7 Å². The van der Waals surface area contributed by atoms with E-state index >= 15 is 0 Å². The van der Waals surface area contributed by atoms with E-state index in [4.69, 9.17) is 4.74 Å². The van der Waals surface area contributed by atoms with Gasteiger partial charge in [-0.05, 0) is 38.0 Å². The second-order valence-corrected chi connectivity index (χ2v) is 7.78. The maximum atomic E-state index is 12.0. The largest absolute Gasteiger partial charge is 0.381 e. The summed E-state index contributed by atoms with van der Waals surface area (Å²) < 4.78 is 31.9. The number of sulfonamides is 1. The zero-order chi connectivity index (χ0) is 14.3. The molecule has 1 aliphatic carbocycles. The van der Waals surface area contributed by atoms with Crippen molar-refractivity contribution >= 4 is 10.0 Å². The van der Waals surface area contributed by atoms with Crippen LogP contribution in [0.1, 0.15) is 52.9 Å². The maximum Gasteiger partial charge on any atom is 0.214 e. The van der Waals surface area contributed by atoms with Crippen LogP contribution in [-0.4, -0.2) is 33.4 Å². The molecule has 0 bridgehead atoms. The summed E-state index contributed by atoms with van der Waals surface area (Å²) in [4.78, 5) is 0. The normalized spacial score (nSPS) is 24.2. The predicted octanol–water partition coefficient (Wildman–Crippen LogP) is 2.55. The van der Waals surface area contributed by atoms with Crippen molar-refractivity contribution in [1.29, 1.82) is 0 Å². The van der Waals surface area contributed by atoms with Crippen LogP contribution in [0.25, 0.3) is 0 Å². The molecule has 19 heavy (non-hydrogen) atoms. The molecule has 2 atom stereocenters. The maximum absolute atomic E-state index is 12.0. The van der Waals surface area contributed by atoms with Gasteiger partial charge in [-0.1, -0.05) is 26.7 Å². The summed E-state index contributed by atoms with van der Waals surface area (Å²) in [5, 5.41) is 0. The van der Waals surface area contributed by atoms with Crippen molar-refractivity contribution in [3.8, 4) is 0 Å². The summed E-state index contributed by atoms with van der Waals surface area (Å²) in [5.41, 5.74) is 0. The molecule has 1 saturated carbocycles. The molecule has 0 radical (unpaired) electrons. The molecule has 0 heterocycles. The van der Waals surface area contributed by atoms with Gasteiger partial charge in [0.25, 0.3) is 0 Å². The Balaban J connectivity index is 2.40. The van der Waals surface area contributed by atoms with E-state index in [2.05, 4.69) is 18.6 Å². The minimum atomic E-state index is -3.18. The number of nitrogens with one attached hydrogen (secondary N) is 1. The van der Waals surface area contributed by atoms with Crippen LogP contribution in [-0.2, 0) is 14.8 Å². The van der Waals surface area contributed by atoms with Gasteiger partial charge in [-0.15, -0.1) is 0 Å². The Morgan fingerprint density at radius 3 is 2.68 bits per heavy atom. The van der Waals surface area contributed by atoms with Gasteiger partial charge in [-0.2, -0.15) is 0 Å². The van der Waals surface area contributed by atoms with E-state index in [9.17, 15) is 8.42 Å². The van der Waals surface area contributed by atoms with Crippen LogP contribution >= 0.6 is 0 Å². The first-order valence-electron chi connectivity index (χ1n) is 7.52. The van der Waals surface area contributed by atoms with Crippen molar-refractivity contribution in [2.75, 3.05) is 19.0 Å². The van der Waals surface area contributed by atoms with Crippen LogP contribution in [0.15, 0.2) is 0 Å². The van der Waals surface area contributed by atoms with E-state index in [1.165, 1.54) is 6.42 Å². The van der Waals surface area contributed by atoms with E-state index in [0.29, 0.717) is 18.4 Å². The molecule has 0 unspecified atom stereocenters.